The topological polar surface area (TPSA) is 69.6 Å². The van der Waals surface area contributed by atoms with Gasteiger partial charge in [0.15, 0.2) is 0 Å². The molecule has 0 heterocycles. The monoisotopic (exact) mass is 419 g/mol. The second kappa shape index (κ2) is 8.73. The predicted octanol–water partition coefficient (Wildman–Crippen LogP) is 4.53. The van der Waals surface area contributed by atoms with Gasteiger partial charge in [-0.2, -0.15) is 0 Å². The maximum absolute atomic E-state index is 12.0. The number of carbonyl (C=O) groups is 1. The highest BCUT2D eigenvalue weighted by atomic mass is 16.3. The molecule has 0 unspecified atom stereocenters. The fourth-order valence-corrected chi connectivity index (χ4v) is 9.05. The molecule has 0 saturated heterocycles. The zero-order valence-electron chi connectivity index (χ0n) is 19.5. The van der Waals surface area contributed by atoms with Crippen molar-refractivity contribution in [3.63, 3.8) is 0 Å². The van der Waals surface area contributed by atoms with Crippen molar-refractivity contribution in [3.05, 3.63) is 0 Å². The van der Waals surface area contributed by atoms with Crippen LogP contribution in [0.1, 0.15) is 91.4 Å². The molecule has 0 aliphatic heterocycles. The fraction of sp³-hybridized carbons (Fsp3) is 0.962. The first-order chi connectivity index (χ1) is 14.3. The molecule has 3 N–H and O–H groups in total. The molecule has 0 aromatic rings. The molecule has 4 heteroatoms. The quantitative estimate of drug-likeness (QED) is 0.592. The van der Waals surface area contributed by atoms with Crippen molar-refractivity contribution in [2.75, 3.05) is 13.2 Å². The standard InChI is InChI=1S/C26H45NO3/c1-17(4-9-24(30)27-14-15-28)21-7-8-22-20-6-5-18-16-19(29)10-12-25(18,2)23(20)11-13-26(21,22)3/h17-23,28-29H,4-16H2,1-3H3,(H,27,30)/t17-,18-,19-,20-,21-,22+,23-,25+,26-/m1/s1. The third-order valence-corrected chi connectivity index (χ3v) is 10.7. The first kappa shape index (κ1) is 22.6. The van der Waals surface area contributed by atoms with E-state index in [4.69, 9.17) is 5.11 Å². The van der Waals surface area contributed by atoms with Crippen LogP contribution < -0.4 is 5.32 Å². The zero-order valence-corrected chi connectivity index (χ0v) is 19.5. The van der Waals surface area contributed by atoms with Crippen molar-refractivity contribution in [3.8, 4) is 0 Å². The second-order valence-corrected chi connectivity index (χ2v) is 11.9. The maximum Gasteiger partial charge on any atom is 0.220 e. The van der Waals surface area contributed by atoms with Gasteiger partial charge in [-0.3, -0.25) is 4.79 Å². The van der Waals surface area contributed by atoms with Gasteiger partial charge in [-0.15, -0.1) is 0 Å². The summed E-state index contributed by atoms with van der Waals surface area (Å²) >= 11 is 0. The van der Waals surface area contributed by atoms with E-state index in [9.17, 15) is 9.90 Å². The second-order valence-electron chi connectivity index (χ2n) is 11.9. The summed E-state index contributed by atoms with van der Waals surface area (Å²) in [5, 5.41) is 21.9. The van der Waals surface area contributed by atoms with Crippen molar-refractivity contribution in [2.45, 2.75) is 97.5 Å². The lowest BCUT2D eigenvalue weighted by atomic mass is 9.44. The molecule has 0 aromatic heterocycles. The summed E-state index contributed by atoms with van der Waals surface area (Å²) in [5.41, 5.74) is 0.900. The Hall–Kier alpha value is -0.610. The number of aliphatic hydroxyl groups is 2. The Bertz CT molecular complexity index is 623. The Morgan fingerprint density at radius 2 is 1.77 bits per heavy atom. The summed E-state index contributed by atoms with van der Waals surface area (Å²) in [6, 6.07) is 0. The van der Waals surface area contributed by atoms with Gasteiger partial charge in [-0.25, -0.2) is 0 Å². The van der Waals surface area contributed by atoms with E-state index in [2.05, 4.69) is 26.1 Å². The molecule has 0 bridgehead atoms. The van der Waals surface area contributed by atoms with Gasteiger partial charge in [-0.05, 0) is 111 Å². The molecule has 1 amide bonds. The van der Waals surface area contributed by atoms with Crippen LogP contribution in [0.5, 0.6) is 0 Å². The Labute approximate surface area is 183 Å². The van der Waals surface area contributed by atoms with E-state index in [1.807, 2.05) is 0 Å². The Kier molecular flexibility index (Phi) is 6.57. The number of rotatable bonds is 6. The Morgan fingerprint density at radius 1 is 1.03 bits per heavy atom. The normalized spacial score (nSPS) is 46.4. The van der Waals surface area contributed by atoms with Crippen LogP contribution in [-0.2, 0) is 4.79 Å². The van der Waals surface area contributed by atoms with Crippen LogP contribution in [0.2, 0.25) is 0 Å². The van der Waals surface area contributed by atoms with Crippen LogP contribution >= 0.6 is 0 Å². The Morgan fingerprint density at radius 3 is 2.53 bits per heavy atom. The van der Waals surface area contributed by atoms with Crippen molar-refractivity contribution in [2.24, 2.45) is 46.3 Å². The SMILES string of the molecule is C[C@H](CCC(=O)NCCO)[C@H]1CC[C@H]2[C@H]3CC[C@@H]4C[C@H](O)CC[C@]4(C)[C@@H]3CC[C@]12C. The van der Waals surface area contributed by atoms with Gasteiger partial charge < -0.3 is 15.5 Å². The average molecular weight is 420 g/mol. The van der Waals surface area contributed by atoms with Crippen LogP contribution in [0.4, 0.5) is 0 Å². The van der Waals surface area contributed by atoms with E-state index in [0.29, 0.717) is 29.7 Å². The van der Waals surface area contributed by atoms with E-state index in [1.54, 1.807) is 0 Å². The van der Waals surface area contributed by atoms with Gasteiger partial charge in [0.1, 0.15) is 0 Å². The van der Waals surface area contributed by atoms with Crippen molar-refractivity contribution >= 4 is 5.91 Å². The summed E-state index contributed by atoms with van der Waals surface area (Å²) < 4.78 is 0. The van der Waals surface area contributed by atoms with E-state index in [1.165, 1.54) is 44.9 Å². The molecular formula is C26H45NO3. The van der Waals surface area contributed by atoms with Gasteiger partial charge in [0, 0.05) is 13.0 Å². The third-order valence-electron chi connectivity index (χ3n) is 10.7. The van der Waals surface area contributed by atoms with Gasteiger partial charge in [0.2, 0.25) is 5.91 Å². The molecule has 0 spiro atoms. The highest BCUT2D eigenvalue weighted by Gasteiger charge is 2.60. The average Bonchev–Trinajstić information content (AvgIpc) is 3.08. The molecule has 4 nitrogen and oxygen atoms in total. The molecule has 4 rings (SSSR count). The van der Waals surface area contributed by atoms with Crippen molar-refractivity contribution in [1.82, 2.24) is 5.32 Å². The fourth-order valence-electron chi connectivity index (χ4n) is 9.05. The smallest absolute Gasteiger partial charge is 0.220 e. The van der Waals surface area contributed by atoms with Crippen LogP contribution in [0, 0.1) is 46.3 Å². The molecule has 0 aromatic carbocycles. The number of hydrogen-bond donors (Lipinski definition) is 3. The minimum Gasteiger partial charge on any atom is -0.395 e. The van der Waals surface area contributed by atoms with Gasteiger partial charge in [0.05, 0.1) is 12.7 Å². The summed E-state index contributed by atoms with van der Waals surface area (Å²) in [4.78, 5) is 12.0. The van der Waals surface area contributed by atoms with Crippen LogP contribution in [0.25, 0.3) is 0 Å². The first-order valence-electron chi connectivity index (χ1n) is 12.8. The third kappa shape index (κ3) is 3.85. The van der Waals surface area contributed by atoms with Crippen molar-refractivity contribution < 1.29 is 15.0 Å². The lowest BCUT2D eigenvalue weighted by molar-refractivity contribution is -0.129. The largest absolute Gasteiger partial charge is 0.395 e. The Balaban J connectivity index is 1.42. The van der Waals surface area contributed by atoms with E-state index < -0.39 is 0 Å². The molecule has 9 atom stereocenters. The highest BCUT2D eigenvalue weighted by molar-refractivity contribution is 5.75. The van der Waals surface area contributed by atoms with E-state index >= 15 is 0 Å². The number of carbonyl (C=O) groups excluding carboxylic acids is 1. The number of aliphatic hydroxyl groups excluding tert-OH is 2. The molecule has 4 aliphatic rings. The van der Waals surface area contributed by atoms with Gasteiger partial charge >= 0.3 is 0 Å². The molecular weight excluding hydrogens is 374 g/mol. The zero-order chi connectivity index (χ0) is 21.5. The summed E-state index contributed by atoms with van der Waals surface area (Å²) in [6.45, 7) is 7.93. The number of fused-ring (bicyclic) bond motifs is 5. The minimum absolute atomic E-state index is 0.0188. The predicted molar refractivity (Wildman–Crippen MR) is 120 cm³/mol. The first-order valence-corrected chi connectivity index (χ1v) is 12.8. The molecule has 4 fully saturated rings. The highest BCUT2D eigenvalue weighted by Crippen LogP contribution is 2.68. The molecule has 4 saturated carbocycles. The lowest BCUT2D eigenvalue weighted by Crippen LogP contribution is -2.54. The van der Waals surface area contributed by atoms with Gasteiger partial charge in [-0.1, -0.05) is 20.8 Å². The van der Waals surface area contributed by atoms with Crippen LogP contribution in [0.15, 0.2) is 0 Å². The molecule has 30 heavy (non-hydrogen) atoms. The van der Waals surface area contributed by atoms with Crippen LogP contribution in [-0.4, -0.2) is 35.4 Å². The number of amides is 1. The summed E-state index contributed by atoms with van der Waals surface area (Å²) in [5.74, 6) is 4.76. The minimum atomic E-state index is -0.0558. The molecule has 172 valence electrons. The van der Waals surface area contributed by atoms with E-state index in [-0.39, 0.29) is 18.6 Å². The number of nitrogens with one attached hydrogen (secondary N) is 1. The number of hydrogen-bond acceptors (Lipinski definition) is 3. The van der Waals surface area contributed by atoms with Gasteiger partial charge in [0.25, 0.3) is 0 Å². The summed E-state index contributed by atoms with van der Waals surface area (Å²) in [6.07, 6.45) is 12.9. The van der Waals surface area contributed by atoms with E-state index in [0.717, 1.165) is 48.9 Å². The van der Waals surface area contributed by atoms with Crippen molar-refractivity contribution in [1.29, 1.82) is 0 Å². The molecule has 4 aliphatic carbocycles. The molecule has 0 radical (unpaired) electrons. The maximum atomic E-state index is 12.0. The summed E-state index contributed by atoms with van der Waals surface area (Å²) in [7, 11) is 0. The van der Waals surface area contributed by atoms with Crippen LogP contribution in [0.3, 0.4) is 0 Å². The lowest BCUT2D eigenvalue weighted by Gasteiger charge is -2.61.